The van der Waals surface area contributed by atoms with Gasteiger partial charge in [-0.1, -0.05) is 6.07 Å². The Morgan fingerprint density at radius 1 is 1.12 bits per heavy atom. The molecule has 0 aliphatic heterocycles. The molecule has 0 spiro atoms. The number of methoxy groups -OCH3 is 1. The molecular weight excluding hydrogens is 458 g/mol. The van der Waals surface area contributed by atoms with Gasteiger partial charge in [0, 0.05) is 17.6 Å². The molecule has 11 heteroatoms. The van der Waals surface area contributed by atoms with Crippen LogP contribution in [0.15, 0.2) is 70.5 Å². The van der Waals surface area contributed by atoms with Gasteiger partial charge in [-0.15, -0.1) is 0 Å². The topological polar surface area (TPSA) is 135 Å². The van der Waals surface area contributed by atoms with Crippen LogP contribution in [0.3, 0.4) is 0 Å². The van der Waals surface area contributed by atoms with Crippen LogP contribution in [0.1, 0.15) is 11.3 Å². The van der Waals surface area contributed by atoms with Crippen molar-refractivity contribution >= 4 is 32.5 Å². The number of pyridine rings is 1. The number of hydrogen-bond donors (Lipinski definition) is 3. The number of rotatable bonds is 8. The van der Waals surface area contributed by atoms with Gasteiger partial charge >= 0.3 is 0 Å². The number of sulfonamides is 1. The Morgan fingerprint density at radius 2 is 1.88 bits per heavy atom. The maximum absolute atomic E-state index is 13.0. The van der Waals surface area contributed by atoms with Crippen molar-refractivity contribution in [1.29, 1.82) is 0 Å². The van der Waals surface area contributed by atoms with E-state index in [1.807, 2.05) is 18.2 Å². The quantitative estimate of drug-likeness (QED) is 0.353. The van der Waals surface area contributed by atoms with E-state index in [9.17, 15) is 18.0 Å². The fourth-order valence-corrected chi connectivity index (χ4v) is 4.46. The van der Waals surface area contributed by atoms with Gasteiger partial charge in [-0.25, -0.2) is 8.42 Å². The van der Waals surface area contributed by atoms with Gasteiger partial charge < -0.3 is 14.6 Å². The average molecular weight is 482 g/mol. The van der Waals surface area contributed by atoms with E-state index in [0.29, 0.717) is 11.4 Å². The predicted octanol–water partition coefficient (Wildman–Crippen LogP) is 2.16. The third-order valence-electron chi connectivity index (χ3n) is 5.30. The molecule has 0 atom stereocenters. The van der Waals surface area contributed by atoms with Crippen LogP contribution in [0.25, 0.3) is 10.9 Å². The number of ether oxygens (including phenoxy) is 1. The number of benzene rings is 2. The maximum atomic E-state index is 13.0. The zero-order valence-corrected chi connectivity index (χ0v) is 19.3. The number of anilines is 1. The summed E-state index contributed by atoms with van der Waals surface area (Å²) >= 11 is 0. The van der Waals surface area contributed by atoms with Gasteiger partial charge in [0.2, 0.25) is 5.91 Å². The Bertz CT molecular complexity index is 1510. The van der Waals surface area contributed by atoms with Gasteiger partial charge in [0.15, 0.2) is 0 Å². The molecule has 0 aliphatic rings. The third-order valence-corrected chi connectivity index (χ3v) is 6.68. The van der Waals surface area contributed by atoms with Gasteiger partial charge in [0.05, 0.1) is 23.7 Å². The lowest BCUT2D eigenvalue weighted by atomic mass is 10.1. The van der Waals surface area contributed by atoms with E-state index in [4.69, 9.17) is 4.74 Å². The average Bonchev–Trinajstić information content (AvgIpc) is 3.30. The molecule has 2 aromatic carbocycles. The van der Waals surface area contributed by atoms with E-state index in [1.165, 1.54) is 42.0 Å². The fraction of sp³-hybridized carbons (Fsp3) is 0.174. The van der Waals surface area contributed by atoms with Crippen molar-refractivity contribution in [2.45, 2.75) is 24.9 Å². The Kier molecular flexibility index (Phi) is 6.37. The monoisotopic (exact) mass is 481 g/mol. The number of aromatic amines is 1. The number of aryl methyl sites for hydroxylation is 1. The Morgan fingerprint density at radius 3 is 2.62 bits per heavy atom. The van der Waals surface area contributed by atoms with E-state index >= 15 is 0 Å². The molecule has 0 aliphatic carbocycles. The minimum Gasteiger partial charge on any atom is -0.497 e. The second-order valence-electron chi connectivity index (χ2n) is 7.63. The highest BCUT2D eigenvalue weighted by molar-refractivity contribution is 7.92. The van der Waals surface area contributed by atoms with Crippen LogP contribution in [0, 0.1) is 6.92 Å². The summed E-state index contributed by atoms with van der Waals surface area (Å²) in [6.45, 7) is 1.69. The van der Waals surface area contributed by atoms with E-state index in [0.717, 1.165) is 16.5 Å². The molecule has 34 heavy (non-hydrogen) atoms. The summed E-state index contributed by atoms with van der Waals surface area (Å²) in [6, 6.07) is 14.4. The molecule has 0 saturated heterocycles. The highest BCUT2D eigenvalue weighted by Gasteiger charge is 2.18. The van der Waals surface area contributed by atoms with Crippen molar-refractivity contribution in [3.8, 4) is 5.75 Å². The number of nitrogens with zero attached hydrogens (tertiary/aromatic N) is 2. The Hall–Kier alpha value is -4.12. The molecular formula is C23H23N5O5S. The van der Waals surface area contributed by atoms with Crippen LogP contribution < -0.4 is 20.3 Å². The molecule has 4 rings (SSSR count). The smallest absolute Gasteiger partial charge is 0.275 e. The van der Waals surface area contributed by atoms with Crippen molar-refractivity contribution < 1.29 is 17.9 Å². The van der Waals surface area contributed by atoms with Gasteiger partial charge in [0.1, 0.15) is 18.0 Å². The number of amides is 1. The summed E-state index contributed by atoms with van der Waals surface area (Å²) in [5.74, 6) is 0.125. The lowest BCUT2D eigenvalue weighted by Crippen LogP contribution is -2.34. The van der Waals surface area contributed by atoms with Crippen molar-refractivity contribution in [2.24, 2.45) is 0 Å². The zero-order chi connectivity index (χ0) is 24.3. The summed E-state index contributed by atoms with van der Waals surface area (Å²) in [4.78, 5) is 25.5. The Balaban J connectivity index is 1.47. The number of hydrogen-bond acceptors (Lipinski definition) is 6. The minimum absolute atomic E-state index is 0.0211. The number of nitrogens with one attached hydrogen (secondary N) is 3. The second-order valence-corrected chi connectivity index (χ2v) is 9.31. The van der Waals surface area contributed by atoms with Gasteiger partial charge in [0.25, 0.3) is 15.6 Å². The van der Waals surface area contributed by atoms with Crippen LogP contribution in [0.4, 0.5) is 5.69 Å². The first kappa shape index (κ1) is 23.1. The molecule has 3 N–H and O–H groups in total. The normalized spacial score (nSPS) is 11.4. The summed E-state index contributed by atoms with van der Waals surface area (Å²) in [7, 11) is -2.53. The SMILES string of the molecule is COc1ccc(S(=O)(=O)Nc2ccc(C)n(CC(=O)NCc3ccc4[nH]ncc4c3)c2=O)cc1. The number of fused-ring (bicyclic) bond motifs is 1. The van der Waals surface area contributed by atoms with Crippen molar-refractivity contribution in [1.82, 2.24) is 20.1 Å². The van der Waals surface area contributed by atoms with Crippen LogP contribution in [-0.2, 0) is 27.9 Å². The van der Waals surface area contributed by atoms with Crippen LogP contribution in [-0.4, -0.2) is 36.2 Å². The summed E-state index contributed by atoms with van der Waals surface area (Å²) in [6.07, 6.45) is 1.70. The van der Waals surface area contributed by atoms with Crippen LogP contribution >= 0.6 is 0 Å². The standard InChI is InChI=1S/C23H23N5O5S/c1-15-3-9-21(27-34(31,32)19-7-5-18(33-2)6-8-19)23(30)28(15)14-22(29)24-12-16-4-10-20-17(11-16)13-25-26-20/h3-11,13,27H,12,14H2,1-2H3,(H,24,29)(H,25,26). The van der Waals surface area contributed by atoms with Gasteiger partial charge in [-0.3, -0.25) is 19.4 Å². The number of H-pyrrole nitrogens is 1. The minimum atomic E-state index is -4.01. The molecule has 0 unspecified atom stereocenters. The predicted molar refractivity (Wildman–Crippen MR) is 127 cm³/mol. The number of carbonyl (C=O) groups excluding carboxylic acids is 1. The first-order valence-electron chi connectivity index (χ1n) is 10.3. The molecule has 1 amide bonds. The molecule has 4 aromatic rings. The molecule has 0 bridgehead atoms. The number of aromatic nitrogens is 3. The van der Waals surface area contributed by atoms with Crippen LogP contribution in [0.2, 0.25) is 0 Å². The van der Waals surface area contributed by atoms with Gasteiger partial charge in [-0.2, -0.15) is 5.10 Å². The van der Waals surface area contributed by atoms with E-state index < -0.39 is 15.6 Å². The van der Waals surface area contributed by atoms with E-state index in [2.05, 4.69) is 20.2 Å². The Labute approximate surface area is 195 Å². The highest BCUT2D eigenvalue weighted by Crippen LogP contribution is 2.18. The first-order chi connectivity index (χ1) is 16.3. The molecule has 2 heterocycles. The number of carbonyl (C=O) groups is 1. The maximum Gasteiger partial charge on any atom is 0.275 e. The molecule has 10 nitrogen and oxygen atoms in total. The van der Waals surface area contributed by atoms with Crippen molar-refractivity contribution in [3.05, 3.63) is 82.4 Å². The second kappa shape index (κ2) is 9.40. The van der Waals surface area contributed by atoms with Gasteiger partial charge in [-0.05, 0) is 61.0 Å². The fourth-order valence-electron chi connectivity index (χ4n) is 3.41. The molecule has 0 fully saturated rings. The molecule has 0 radical (unpaired) electrons. The van der Waals surface area contributed by atoms with Crippen LogP contribution in [0.5, 0.6) is 5.75 Å². The van der Waals surface area contributed by atoms with Crippen molar-refractivity contribution in [2.75, 3.05) is 11.8 Å². The largest absolute Gasteiger partial charge is 0.497 e. The van der Waals surface area contributed by atoms with E-state index in [-0.39, 0.29) is 29.6 Å². The summed E-state index contributed by atoms with van der Waals surface area (Å²) in [5, 5.41) is 10.5. The summed E-state index contributed by atoms with van der Waals surface area (Å²) < 4.78 is 34.0. The summed E-state index contributed by atoms with van der Waals surface area (Å²) in [5.41, 5.74) is 1.53. The molecule has 2 aromatic heterocycles. The molecule has 176 valence electrons. The van der Waals surface area contributed by atoms with Crippen molar-refractivity contribution in [3.63, 3.8) is 0 Å². The lowest BCUT2D eigenvalue weighted by molar-refractivity contribution is -0.121. The van der Waals surface area contributed by atoms with E-state index in [1.54, 1.807) is 19.2 Å². The zero-order valence-electron chi connectivity index (χ0n) is 18.5. The molecule has 0 saturated carbocycles. The first-order valence-corrected chi connectivity index (χ1v) is 11.8. The third kappa shape index (κ3) is 4.94. The lowest BCUT2D eigenvalue weighted by Gasteiger charge is -2.14. The highest BCUT2D eigenvalue weighted by atomic mass is 32.2.